The zero-order valence-corrected chi connectivity index (χ0v) is 9.84. The molecule has 0 bridgehead atoms. The SMILES string of the molecule is CC(C)Cc1cnnc(CC(C)C(=O)O)n1. The zero-order chi connectivity index (χ0) is 12.1. The van der Waals surface area contributed by atoms with Crippen molar-refractivity contribution < 1.29 is 9.90 Å². The molecule has 1 atom stereocenters. The fraction of sp³-hybridized carbons (Fsp3) is 0.636. The summed E-state index contributed by atoms with van der Waals surface area (Å²) in [7, 11) is 0. The predicted molar refractivity (Wildman–Crippen MR) is 58.9 cm³/mol. The van der Waals surface area contributed by atoms with Gasteiger partial charge in [-0.05, 0) is 12.3 Å². The van der Waals surface area contributed by atoms with Crippen LogP contribution in [0.4, 0.5) is 0 Å². The third-order valence-corrected chi connectivity index (χ3v) is 2.18. The van der Waals surface area contributed by atoms with Gasteiger partial charge >= 0.3 is 5.97 Å². The molecule has 5 nitrogen and oxygen atoms in total. The van der Waals surface area contributed by atoms with E-state index in [1.807, 2.05) is 0 Å². The minimum absolute atomic E-state index is 0.328. The topological polar surface area (TPSA) is 76.0 Å². The monoisotopic (exact) mass is 223 g/mol. The molecule has 0 aliphatic carbocycles. The summed E-state index contributed by atoms with van der Waals surface area (Å²) in [5.41, 5.74) is 0.873. The van der Waals surface area contributed by atoms with E-state index in [0.717, 1.165) is 12.1 Å². The van der Waals surface area contributed by atoms with Crippen LogP contribution < -0.4 is 0 Å². The standard InChI is InChI=1S/C11H17N3O2/c1-7(2)4-9-6-12-14-10(13-9)5-8(3)11(15)16/h6-8H,4-5H2,1-3H3,(H,15,16). The normalized spacial score (nSPS) is 12.8. The van der Waals surface area contributed by atoms with Crippen molar-refractivity contribution in [1.82, 2.24) is 15.2 Å². The summed E-state index contributed by atoms with van der Waals surface area (Å²) in [5.74, 6) is -0.302. The molecule has 0 saturated carbocycles. The van der Waals surface area contributed by atoms with Gasteiger partial charge in [-0.3, -0.25) is 4.79 Å². The van der Waals surface area contributed by atoms with Crippen LogP contribution in [0, 0.1) is 11.8 Å². The second-order valence-corrected chi connectivity index (χ2v) is 4.41. The number of carboxylic acid groups (broad SMARTS) is 1. The van der Waals surface area contributed by atoms with Crippen LogP contribution >= 0.6 is 0 Å². The smallest absolute Gasteiger partial charge is 0.306 e. The van der Waals surface area contributed by atoms with Gasteiger partial charge < -0.3 is 5.11 Å². The molecule has 0 saturated heterocycles. The van der Waals surface area contributed by atoms with Crippen molar-refractivity contribution >= 4 is 5.97 Å². The van der Waals surface area contributed by atoms with Crippen LogP contribution in [-0.4, -0.2) is 26.3 Å². The molecule has 5 heteroatoms. The molecule has 1 aromatic heterocycles. The van der Waals surface area contributed by atoms with Crippen LogP contribution in [0.5, 0.6) is 0 Å². The maximum Gasteiger partial charge on any atom is 0.306 e. The molecule has 0 spiro atoms. The first-order valence-corrected chi connectivity index (χ1v) is 5.39. The molecular formula is C11H17N3O2. The Balaban J connectivity index is 2.70. The number of aliphatic carboxylic acids is 1. The molecule has 1 N–H and O–H groups in total. The minimum atomic E-state index is -0.835. The Labute approximate surface area is 94.9 Å². The van der Waals surface area contributed by atoms with Crippen LogP contribution in [0.15, 0.2) is 6.20 Å². The van der Waals surface area contributed by atoms with E-state index in [1.165, 1.54) is 0 Å². The van der Waals surface area contributed by atoms with Gasteiger partial charge in [0.25, 0.3) is 0 Å². The number of carbonyl (C=O) groups is 1. The summed E-state index contributed by atoms with van der Waals surface area (Å²) in [5, 5.41) is 16.5. The van der Waals surface area contributed by atoms with Crippen molar-refractivity contribution in [3.05, 3.63) is 17.7 Å². The number of aromatic nitrogens is 3. The summed E-state index contributed by atoms with van der Waals surface area (Å²) in [6.45, 7) is 5.84. The summed E-state index contributed by atoms with van der Waals surface area (Å²) in [6, 6.07) is 0. The van der Waals surface area contributed by atoms with Gasteiger partial charge in [-0.15, -0.1) is 5.10 Å². The molecule has 16 heavy (non-hydrogen) atoms. The van der Waals surface area contributed by atoms with Gasteiger partial charge in [0.15, 0.2) is 5.82 Å². The Morgan fingerprint density at radius 1 is 1.38 bits per heavy atom. The largest absolute Gasteiger partial charge is 0.481 e. The van der Waals surface area contributed by atoms with Gasteiger partial charge in [-0.1, -0.05) is 20.8 Å². The number of carboxylic acids is 1. The van der Waals surface area contributed by atoms with E-state index < -0.39 is 11.9 Å². The molecule has 1 unspecified atom stereocenters. The molecule has 0 aliphatic heterocycles. The van der Waals surface area contributed by atoms with Gasteiger partial charge in [0.05, 0.1) is 17.8 Å². The average molecular weight is 223 g/mol. The van der Waals surface area contributed by atoms with Gasteiger partial charge in [-0.25, -0.2) is 4.98 Å². The number of hydrogen-bond donors (Lipinski definition) is 1. The maximum atomic E-state index is 10.7. The lowest BCUT2D eigenvalue weighted by molar-refractivity contribution is -0.141. The number of rotatable bonds is 5. The van der Waals surface area contributed by atoms with Crippen molar-refractivity contribution in [2.75, 3.05) is 0 Å². The third kappa shape index (κ3) is 3.92. The molecule has 0 fully saturated rings. The average Bonchev–Trinajstić information content (AvgIpc) is 2.16. The summed E-state index contributed by atoms with van der Waals surface area (Å²) in [6.07, 6.45) is 2.80. The second-order valence-electron chi connectivity index (χ2n) is 4.41. The van der Waals surface area contributed by atoms with Crippen molar-refractivity contribution in [3.8, 4) is 0 Å². The molecule has 1 heterocycles. The van der Waals surface area contributed by atoms with Crippen LogP contribution in [0.3, 0.4) is 0 Å². The van der Waals surface area contributed by atoms with Crippen LogP contribution in [0.25, 0.3) is 0 Å². The Morgan fingerprint density at radius 3 is 2.62 bits per heavy atom. The molecule has 1 aromatic rings. The maximum absolute atomic E-state index is 10.7. The highest BCUT2D eigenvalue weighted by Crippen LogP contribution is 2.07. The van der Waals surface area contributed by atoms with E-state index in [1.54, 1.807) is 13.1 Å². The van der Waals surface area contributed by atoms with E-state index in [9.17, 15) is 4.79 Å². The Morgan fingerprint density at radius 2 is 2.06 bits per heavy atom. The van der Waals surface area contributed by atoms with Crippen LogP contribution in [0.2, 0.25) is 0 Å². The molecule has 88 valence electrons. The van der Waals surface area contributed by atoms with E-state index >= 15 is 0 Å². The quantitative estimate of drug-likeness (QED) is 0.815. The molecule has 0 aromatic carbocycles. The molecule has 0 aliphatic rings. The molecular weight excluding hydrogens is 206 g/mol. The van der Waals surface area contributed by atoms with Gasteiger partial charge in [0.1, 0.15) is 0 Å². The Kier molecular flexibility index (Phi) is 4.34. The summed E-state index contributed by atoms with van der Waals surface area (Å²) < 4.78 is 0. The van der Waals surface area contributed by atoms with E-state index in [0.29, 0.717) is 18.2 Å². The van der Waals surface area contributed by atoms with Crippen molar-refractivity contribution in [3.63, 3.8) is 0 Å². The van der Waals surface area contributed by atoms with E-state index in [4.69, 9.17) is 5.11 Å². The summed E-state index contributed by atoms with van der Waals surface area (Å²) in [4.78, 5) is 15.0. The molecule has 0 amide bonds. The van der Waals surface area contributed by atoms with Crippen molar-refractivity contribution in [2.45, 2.75) is 33.6 Å². The van der Waals surface area contributed by atoms with Crippen LogP contribution in [0.1, 0.15) is 32.3 Å². The van der Waals surface area contributed by atoms with E-state index in [-0.39, 0.29) is 0 Å². The first-order chi connectivity index (χ1) is 7.49. The highest BCUT2D eigenvalue weighted by atomic mass is 16.4. The van der Waals surface area contributed by atoms with Crippen molar-refractivity contribution in [1.29, 1.82) is 0 Å². The van der Waals surface area contributed by atoms with Gasteiger partial charge in [0.2, 0.25) is 0 Å². The van der Waals surface area contributed by atoms with Crippen LogP contribution in [-0.2, 0) is 17.6 Å². The highest BCUT2D eigenvalue weighted by Gasteiger charge is 2.14. The third-order valence-electron chi connectivity index (χ3n) is 2.18. The number of hydrogen-bond acceptors (Lipinski definition) is 4. The second kappa shape index (κ2) is 5.53. The Hall–Kier alpha value is -1.52. The first-order valence-electron chi connectivity index (χ1n) is 5.39. The van der Waals surface area contributed by atoms with Crippen molar-refractivity contribution in [2.24, 2.45) is 11.8 Å². The van der Waals surface area contributed by atoms with Gasteiger partial charge in [0, 0.05) is 6.42 Å². The molecule has 0 radical (unpaired) electrons. The predicted octanol–water partition coefficient (Wildman–Crippen LogP) is 1.33. The summed E-state index contributed by atoms with van der Waals surface area (Å²) >= 11 is 0. The lowest BCUT2D eigenvalue weighted by Crippen LogP contribution is -2.15. The first kappa shape index (κ1) is 12.5. The fourth-order valence-electron chi connectivity index (χ4n) is 1.34. The zero-order valence-electron chi connectivity index (χ0n) is 9.84. The van der Waals surface area contributed by atoms with E-state index in [2.05, 4.69) is 29.0 Å². The minimum Gasteiger partial charge on any atom is -0.481 e. The lowest BCUT2D eigenvalue weighted by atomic mass is 10.1. The lowest BCUT2D eigenvalue weighted by Gasteiger charge is -2.06. The van der Waals surface area contributed by atoms with Gasteiger partial charge in [-0.2, -0.15) is 5.10 Å². The molecule has 1 rings (SSSR count). The number of nitrogens with zero attached hydrogens (tertiary/aromatic N) is 3. The highest BCUT2D eigenvalue weighted by molar-refractivity contribution is 5.69. The fourth-order valence-corrected chi connectivity index (χ4v) is 1.34. The Bertz CT molecular complexity index is 366.